The van der Waals surface area contributed by atoms with Crippen molar-refractivity contribution in [1.82, 2.24) is 4.90 Å². The zero-order chi connectivity index (χ0) is 11.8. The van der Waals surface area contributed by atoms with Crippen LogP contribution in [0.1, 0.15) is 46.0 Å². The summed E-state index contributed by atoms with van der Waals surface area (Å²) in [6.45, 7) is 5.88. The van der Waals surface area contributed by atoms with Gasteiger partial charge in [0.2, 0.25) is 0 Å². The first kappa shape index (κ1) is 11.9. The van der Waals surface area contributed by atoms with Crippen molar-refractivity contribution < 1.29 is 9.90 Å². The van der Waals surface area contributed by atoms with Crippen molar-refractivity contribution in [2.45, 2.75) is 52.0 Å². The van der Waals surface area contributed by atoms with E-state index in [1.807, 2.05) is 6.92 Å². The molecule has 2 rings (SSSR count). The summed E-state index contributed by atoms with van der Waals surface area (Å²) in [6, 6.07) is 0.658. The molecule has 0 aromatic rings. The molecule has 1 saturated carbocycles. The fourth-order valence-corrected chi connectivity index (χ4v) is 3.23. The first-order valence-corrected chi connectivity index (χ1v) is 6.52. The quantitative estimate of drug-likeness (QED) is 0.801. The van der Waals surface area contributed by atoms with Crippen LogP contribution in [0.15, 0.2) is 0 Å². The summed E-state index contributed by atoms with van der Waals surface area (Å²) >= 11 is 0. The number of likely N-dealkylation sites (tertiary alicyclic amines) is 1. The largest absolute Gasteiger partial charge is 0.481 e. The first-order chi connectivity index (χ1) is 7.55. The molecule has 16 heavy (non-hydrogen) atoms. The Morgan fingerprint density at radius 3 is 2.75 bits per heavy atom. The van der Waals surface area contributed by atoms with Gasteiger partial charge < -0.3 is 5.11 Å². The van der Waals surface area contributed by atoms with Crippen molar-refractivity contribution >= 4 is 5.97 Å². The Bertz CT molecular complexity index is 279. The molecule has 3 unspecified atom stereocenters. The molecule has 2 aliphatic rings. The van der Waals surface area contributed by atoms with Crippen molar-refractivity contribution in [2.75, 3.05) is 13.1 Å². The van der Waals surface area contributed by atoms with E-state index >= 15 is 0 Å². The number of rotatable bonds is 3. The van der Waals surface area contributed by atoms with Crippen LogP contribution >= 0.6 is 0 Å². The standard InChI is InChI=1S/C13H23NO2/c1-3-10-4-5-11(8-10)14-7-6-13(2,9-14)12(15)16/h10-11H,3-9H2,1-2H3,(H,15,16). The lowest BCUT2D eigenvalue weighted by Crippen LogP contribution is -2.36. The van der Waals surface area contributed by atoms with E-state index in [-0.39, 0.29) is 0 Å². The average molecular weight is 225 g/mol. The van der Waals surface area contributed by atoms with Crippen molar-refractivity contribution in [1.29, 1.82) is 0 Å². The molecule has 1 aliphatic heterocycles. The van der Waals surface area contributed by atoms with Gasteiger partial charge in [-0.05, 0) is 45.1 Å². The fourth-order valence-electron chi connectivity index (χ4n) is 3.23. The Kier molecular flexibility index (Phi) is 3.24. The second-order valence-corrected chi connectivity index (χ2v) is 5.83. The Morgan fingerprint density at radius 1 is 1.50 bits per heavy atom. The summed E-state index contributed by atoms with van der Waals surface area (Å²) in [7, 11) is 0. The maximum atomic E-state index is 11.2. The maximum Gasteiger partial charge on any atom is 0.310 e. The zero-order valence-electron chi connectivity index (χ0n) is 10.4. The molecule has 0 aromatic heterocycles. The molecule has 1 heterocycles. The monoisotopic (exact) mass is 225 g/mol. The second-order valence-electron chi connectivity index (χ2n) is 5.83. The van der Waals surface area contributed by atoms with Crippen molar-refractivity contribution in [3.8, 4) is 0 Å². The Hall–Kier alpha value is -0.570. The molecule has 3 heteroatoms. The van der Waals surface area contributed by atoms with Gasteiger partial charge in [0, 0.05) is 12.6 Å². The third-order valence-electron chi connectivity index (χ3n) is 4.63. The summed E-state index contributed by atoms with van der Waals surface area (Å²) in [5.74, 6) is 0.252. The number of aliphatic carboxylic acids is 1. The molecule has 0 radical (unpaired) electrons. The van der Waals surface area contributed by atoms with Gasteiger partial charge in [-0.2, -0.15) is 0 Å². The van der Waals surface area contributed by atoms with E-state index in [9.17, 15) is 9.90 Å². The third-order valence-corrected chi connectivity index (χ3v) is 4.63. The Morgan fingerprint density at radius 2 is 2.25 bits per heavy atom. The molecule has 2 fully saturated rings. The van der Waals surface area contributed by atoms with Crippen molar-refractivity contribution in [3.05, 3.63) is 0 Å². The molecule has 3 nitrogen and oxygen atoms in total. The number of carboxylic acids is 1. The highest BCUT2D eigenvalue weighted by molar-refractivity contribution is 5.74. The topological polar surface area (TPSA) is 40.5 Å². The maximum absolute atomic E-state index is 11.2. The molecule has 3 atom stereocenters. The van der Waals surface area contributed by atoms with Crippen LogP contribution < -0.4 is 0 Å². The molecule has 0 amide bonds. The van der Waals surface area contributed by atoms with E-state index < -0.39 is 11.4 Å². The molecular formula is C13H23NO2. The summed E-state index contributed by atoms with van der Waals surface area (Å²) < 4.78 is 0. The smallest absolute Gasteiger partial charge is 0.310 e. The van der Waals surface area contributed by atoms with Gasteiger partial charge in [-0.25, -0.2) is 0 Å². The predicted molar refractivity (Wildman–Crippen MR) is 63.4 cm³/mol. The lowest BCUT2D eigenvalue weighted by molar-refractivity contribution is -0.147. The second kappa shape index (κ2) is 4.36. The van der Waals surface area contributed by atoms with Crippen LogP contribution in [-0.2, 0) is 4.79 Å². The molecule has 92 valence electrons. The third kappa shape index (κ3) is 2.10. The zero-order valence-corrected chi connectivity index (χ0v) is 10.4. The number of hydrogen-bond acceptors (Lipinski definition) is 2. The highest BCUT2D eigenvalue weighted by Gasteiger charge is 2.43. The van der Waals surface area contributed by atoms with E-state index in [0.717, 1.165) is 25.4 Å². The van der Waals surface area contributed by atoms with E-state index in [1.54, 1.807) is 0 Å². The minimum atomic E-state index is -0.625. The van der Waals surface area contributed by atoms with Crippen LogP contribution in [0, 0.1) is 11.3 Å². The molecule has 1 N–H and O–H groups in total. The lowest BCUT2D eigenvalue weighted by Gasteiger charge is -2.25. The molecule has 1 saturated heterocycles. The summed E-state index contributed by atoms with van der Waals surface area (Å²) in [5, 5.41) is 9.20. The van der Waals surface area contributed by atoms with E-state index in [0.29, 0.717) is 6.04 Å². The lowest BCUT2D eigenvalue weighted by atomic mass is 9.90. The summed E-state index contributed by atoms with van der Waals surface area (Å²) in [4.78, 5) is 13.6. The molecular weight excluding hydrogens is 202 g/mol. The molecule has 0 aromatic carbocycles. The van der Waals surface area contributed by atoms with Gasteiger partial charge in [-0.1, -0.05) is 13.3 Å². The normalized spacial score (nSPS) is 40.4. The van der Waals surface area contributed by atoms with Gasteiger partial charge in [0.15, 0.2) is 0 Å². The molecule has 0 spiro atoms. The predicted octanol–water partition coefficient (Wildman–Crippen LogP) is 2.36. The summed E-state index contributed by atoms with van der Waals surface area (Å²) in [6.07, 6.45) is 5.98. The van der Waals surface area contributed by atoms with Crippen LogP contribution in [-0.4, -0.2) is 35.1 Å². The van der Waals surface area contributed by atoms with Gasteiger partial charge in [0.1, 0.15) is 0 Å². The van der Waals surface area contributed by atoms with Gasteiger partial charge in [-0.15, -0.1) is 0 Å². The van der Waals surface area contributed by atoms with Gasteiger partial charge in [0.25, 0.3) is 0 Å². The number of nitrogens with zero attached hydrogens (tertiary/aromatic N) is 1. The Balaban J connectivity index is 1.92. The average Bonchev–Trinajstić information content (AvgIpc) is 2.84. The van der Waals surface area contributed by atoms with Crippen molar-refractivity contribution in [2.24, 2.45) is 11.3 Å². The van der Waals surface area contributed by atoms with Gasteiger partial charge in [-0.3, -0.25) is 9.69 Å². The molecule has 0 bridgehead atoms. The molecule has 1 aliphatic carbocycles. The van der Waals surface area contributed by atoms with Crippen LogP contribution in [0.3, 0.4) is 0 Å². The van der Waals surface area contributed by atoms with Gasteiger partial charge in [0.05, 0.1) is 5.41 Å². The highest BCUT2D eigenvalue weighted by Crippen LogP contribution is 2.37. The number of carboxylic acid groups (broad SMARTS) is 1. The SMILES string of the molecule is CCC1CCC(N2CCC(C)(C(=O)O)C2)C1. The van der Waals surface area contributed by atoms with E-state index in [2.05, 4.69) is 11.8 Å². The minimum absolute atomic E-state index is 0.496. The number of carbonyl (C=O) groups is 1. The fraction of sp³-hybridized carbons (Fsp3) is 0.923. The first-order valence-electron chi connectivity index (χ1n) is 6.52. The van der Waals surface area contributed by atoms with Crippen LogP contribution in [0.25, 0.3) is 0 Å². The summed E-state index contributed by atoms with van der Waals surface area (Å²) in [5.41, 5.74) is -0.496. The minimum Gasteiger partial charge on any atom is -0.481 e. The highest BCUT2D eigenvalue weighted by atomic mass is 16.4. The van der Waals surface area contributed by atoms with Crippen LogP contribution in [0.5, 0.6) is 0 Å². The van der Waals surface area contributed by atoms with Gasteiger partial charge >= 0.3 is 5.97 Å². The van der Waals surface area contributed by atoms with Crippen molar-refractivity contribution in [3.63, 3.8) is 0 Å². The Labute approximate surface area is 97.8 Å². The van der Waals surface area contributed by atoms with E-state index in [1.165, 1.54) is 25.7 Å². The van der Waals surface area contributed by atoms with Crippen LogP contribution in [0.2, 0.25) is 0 Å². The van der Waals surface area contributed by atoms with E-state index in [4.69, 9.17) is 0 Å². The number of hydrogen-bond donors (Lipinski definition) is 1. The van der Waals surface area contributed by atoms with Crippen LogP contribution in [0.4, 0.5) is 0 Å².